The molecule has 0 spiro atoms. The Balaban J connectivity index is 1.63. The average Bonchev–Trinajstić information content (AvgIpc) is 3.07. The van der Waals surface area contributed by atoms with Crippen molar-refractivity contribution in [3.8, 4) is 6.07 Å². The zero-order chi connectivity index (χ0) is 24.2. The number of nitriles is 1. The van der Waals surface area contributed by atoms with E-state index in [0.717, 1.165) is 11.4 Å². The van der Waals surface area contributed by atoms with Gasteiger partial charge in [0.15, 0.2) is 5.78 Å². The summed E-state index contributed by atoms with van der Waals surface area (Å²) in [6, 6.07) is 15.8. The van der Waals surface area contributed by atoms with Gasteiger partial charge in [-0.25, -0.2) is 13.1 Å². The number of allylic oxidation sites excluding steroid dienone is 1. The van der Waals surface area contributed by atoms with E-state index in [4.69, 9.17) is 0 Å². The highest BCUT2D eigenvalue weighted by atomic mass is 32.2. The molecule has 2 N–H and O–H groups in total. The van der Waals surface area contributed by atoms with Crippen LogP contribution in [0.1, 0.15) is 18.4 Å². The number of carbonyl (C=O) groups excluding carboxylic acids is 2. The number of ketones is 1. The maximum Gasteiger partial charge on any atom is 0.240 e. The number of nitrogens with one attached hydrogen (secondary N) is 2. The lowest BCUT2D eigenvalue weighted by atomic mass is 10.1. The first-order valence-corrected chi connectivity index (χ1v) is 11.7. The molecule has 10 heteroatoms. The standard InChI is InChI=1S/C23H25N5O4S/c1-25-33(31,32)17-8-6-7-16(13-17)15-26-22(30)12-11-21(29)18(14-24)23-27(2)19-9-4-5-10-20(19)28(23)3/h4-10,13,25H,11-12,15H2,1-3H3,(H,26,30). The molecule has 0 aromatic heterocycles. The zero-order valence-corrected chi connectivity index (χ0v) is 19.4. The fourth-order valence-corrected chi connectivity index (χ4v) is 4.44. The Bertz CT molecular complexity index is 1230. The van der Waals surface area contributed by atoms with Gasteiger partial charge in [-0.3, -0.25) is 9.59 Å². The second-order valence-corrected chi connectivity index (χ2v) is 9.36. The van der Waals surface area contributed by atoms with Gasteiger partial charge in [0.2, 0.25) is 15.9 Å². The number of para-hydroxylation sites is 2. The van der Waals surface area contributed by atoms with Crippen molar-refractivity contribution in [2.24, 2.45) is 0 Å². The quantitative estimate of drug-likeness (QED) is 0.449. The third-order valence-electron chi connectivity index (χ3n) is 5.40. The Morgan fingerprint density at radius 2 is 1.64 bits per heavy atom. The average molecular weight is 468 g/mol. The fourth-order valence-electron chi connectivity index (χ4n) is 3.64. The number of sulfonamides is 1. The summed E-state index contributed by atoms with van der Waals surface area (Å²) >= 11 is 0. The summed E-state index contributed by atoms with van der Waals surface area (Å²) in [6.07, 6.45) is -0.212. The molecule has 1 heterocycles. The third-order valence-corrected chi connectivity index (χ3v) is 6.81. The van der Waals surface area contributed by atoms with E-state index < -0.39 is 15.8 Å². The molecule has 0 saturated heterocycles. The molecule has 1 aliphatic heterocycles. The molecule has 1 amide bonds. The first kappa shape index (κ1) is 24.0. The Morgan fingerprint density at radius 1 is 1.00 bits per heavy atom. The van der Waals surface area contributed by atoms with Crippen molar-refractivity contribution in [2.45, 2.75) is 24.3 Å². The second-order valence-electron chi connectivity index (χ2n) is 7.47. The van der Waals surface area contributed by atoms with E-state index in [2.05, 4.69) is 10.0 Å². The number of benzene rings is 2. The molecule has 3 rings (SSSR count). The smallest absolute Gasteiger partial charge is 0.240 e. The monoisotopic (exact) mass is 467 g/mol. The van der Waals surface area contributed by atoms with E-state index in [9.17, 15) is 23.3 Å². The van der Waals surface area contributed by atoms with Crippen molar-refractivity contribution in [3.63, 3.8) is 0 Å². The van der Waals surface area contributed by atoms with Gasteiger partial charge in [-0.15, -0.1) is 0 Å². The zero-order valence-electron chi connectivity index (χ0n) is 18.6. The minimum Gasteiger partial charge on any atom is -0.352 e. The molecule has 0 bridgehead atoms. The number of fused-ring (bicyclic) bond motifs is 1. The number of Topliss-reactive ketones (excluding diaryl/α,β-unsaturated/α-hetero) is 1. The van der Waals surface area contributed by atoms with Gasteiger partial charge in [-0.2, -0.15) is 5.26 Å². The van der Waals surface area contributed by atoms with Gasteiger partial charge in [0.25, 0.3) is 0 Å². The van der Waals surface area contributed by atoms with Crippen LogP contribution in [0.3, 0.4) is 0 Å². The van der Waals surface area contributed by atoms with E-state index in [1.165, 1.54) is 19.2 Å². The van der Waals surface area contributed by atoms with Crippen molar-refractivity contribution in [3.05, 3.63) is 65.5 Å². The van der Waals surface area contributed by atoms with E-state index in [1.54, 1.807) is 36.0 Å². The molecule has 0 atom stereocenters. The number of rotatable bonds is 8. The molecule has 0 saturated carbocycles. The first-order chi connectivity index (χ1) is 15.7. The number of anilines is 2. The summed E-state index contributed by atoms with van der Waals surface area (Å²) in [4.78, 5) is 28.7. The van der Waals surface area contributed by atoms with Crippen molar-refractivity contribution >= 4 is 33.1 Å². The molecular weight excluding hydrogens is 442 g/mol. The third kappa shape index (κ3) is 5.05. The minimum atomic E-state index is -3.58. The summed E-state index contributed by atoms with van der Waals surface area (Å²) in [7, 11) is 1.32. The van der Waals surface area contributed by atoms with Gasteiger partial charge < -0.3 is 15.1 Å². The summed E-state index contributed by atoms with van der Waals surface area (Å²) in [5.74, 6) is -0.313. The lowest BCUT2D eigenvalue weighted by Gasteiger charge is -2.19. The van der Waals surface area contributed by atoms with E-state index in [1.807, 2.05) is 30.3 Å². The number of carbonyl (C=O) groups is 2. The van der Waals surface area contributed by atoms with Crippen molar-refractivity contribution in [1.82, 2.24) is 10.0 Å². The Hall–Kier alpha value is -3.68. The van der Waals surface area contributed by atoms with Gasteiger partial charge in [0.05, 0.1) is 16.3 Å². The van der Waals surface area contributed by atoms with Crippen LogP contribution in [-0.2, 0) is 26.2 Å². The Kier molecular flexibility index (Phi) is 7.16. The molecule has 9 nitrogen and oxygen atoms in total. The van der Waals surface area contributed by atoms with Crippen LogP contribution in [0, 0.1) is 11.3 Å². The number of hydrogen-bond acceptors (Lipinski definition) is 7. The van der Waals surface area contributed by atoms with Crippen LogP contribution in [0.25, 0.3) is 0 Å². The van der Waals surface area contributed by atoms with Crippen molar-refractivity contribution < 1.29 is 18.0 Å². The van der Waals surface area contributed by atoms with Crippen LogP contribution in [-0.4, -0.2) is 41.3 Å². The number of nitrogens with zero attached hydrogens (tertiary/aromatic N) is 3. The van der Waals surface area contributed by atoms with Gasteiger partial charge >= 0.3 is 0 Å². The molecule has 2 aromatic rings. The first-order valence-electron chi connectivity index (χ1n) is 10.2. The topological polar surface area (TPSA) is 123 Å². The van der Waals surface area contributed by atoms with Crippen molar-refractivity contribution in [1.29, 1.82) is 5.26 Å². The summed E-state index contributed by atoms with van der Waals surface area (Å²) in [5.41, 5.74) is 2.37. The maximum atomic E-state index is 12.8. The summed E-state index contributed by atoms with van der Waals surface area (Å²) < 4.78 is 26.1. The lowest BCUT2D eigenvalue weighted by Crippen LogP contribution is -2.27. The summed E-state index contributed by atoms with van der Waals surface area (Å²) in [6.45, 7) is 0.118. The van der Waals surface area contributed by atoms with Crippen LogP contribution in [0.2, 0.25) is 0 Å². The number of amides is 1. The van der Waals surface area contributed by atoms with E-state index in [-0.39, 0.29) is 35.8 Å². The predicted molar refractivity (Wildman–Crippen MR) is 125 cm³/mol. The van der Waals surface area contributed by atoms with Gasteiger partial charge in [-0.1, -0.05) is 24.3 Å². The van der Waals surface area contributed by atoms with E-state index >= 15 is 0 Å². The second kappa shape index (κ2) is 9.85. The SMILES string of the molecule is CNS(=O)(=O)c1cccc(CNC(=O)CCC(=O)C(C#N)=C2N(C)c3ccccc3N2C)c1. The van der Waals surface area contributed by atoms with Gasteiger partial charge in [-0.05, 0) is 36.9 Å². The molecule has 33 heavy (non-hydrogen) atoms. The van der Waals surface area contributed by atoms with E-state index in [0.29, 0.717) is 11.4 Å². The highest BCUT2D eigenvalue weighted by Crippen LogP contribution is 2.40. The van der Waals surface area contributed by atoms with Crippen LogP contribution < -0.4 is 19.8 Å². The molecule has 0 aliphatic carbocycles. The number of hydrogen-bond donors (Lipinski definition) is 2. The summed E-state index contributed by atoms with van der Waals surface area (Å²) in [5, 5.41) is 12.3. The molecule has 172 valence electrons. The minimum absolute atomic E-state index is 0.00558. The molecule has 1 aliphatic rings. The van der Waals surface area contributed by atoms with Crippen LogP contribution in [0.4, 0.5) is 11.4 Å². The predicted octanol–water partition coefficient (Wildman–Crippen LogP) is 1.88. The maximum absolute atomic E-state index is 12.8. The van der Waals surface area contributed by atoms with Crippen LogP contribution >= 0.6 is 0 Å². The Morgan fingerprint density at radius 3 is 2.21 bits per heavy atom. The highest BCUT2D eigenvalue weighted by Gasteiger charge is 2.31. The van der Waals surface area contributed by atoms with Gasteiger partial charge in [0, 0.05) is 33.5 Å². The molecule has 0 fully saturated rings. The van der Waals surface area contributed by atoms with Crippen LogP contribution in [0.15, 0.2) is 64.8 Å². The largest absolute Gasteiger partial charge is 0.352 e. The van der Waals surface area contributed by atoms with Gasteiger partial charge in [0.1, 0.15) is 17.5 Å². The molecule has 0 unspecified atom stereocenters. The molecular formula is C23H25N5O4S. The fraction of sp³-hybridized carbons (Fsp3) is 0.261. The highest BCUT2D eigenvalue weighted by molar-refractivity contribution is 7.89. The lowest BCUT2D eigenvalue weighted by molar-refractivity contribution is -0.124. The Labute approximate surface area is 193 Å². The normalized spacial score (nSPS) is 12.8. The van der Waals surface area contributed by atoms with Crippen molar-refractivity contribution in [2.75, 3.05) is 30.9 Å². The van der Waals surface area contributed by atoms with Crippen LogP contribution in [0.5, 0.6) is 0 Å². The molecule has 0 radical (unpaired) electrons. The molecule has 2 aromatic carbocycles.